The lowest BCUT2D eigenvalue weighted by molar-refractivity contribution is -0.303. The summed E-state index contributed by atoms with van der Waals surface area (Å²) < 4.78 is 11.0. The van der Waals surface area contributed by atoms with Crippen LogP contribution in [0.4, 0.5) is 0 Å². The number of ether oxygens (including phenoxy) is 2. The quantitative estimate of drug-likeness (QED) is 0.0275. The minimum atomic E-state index is -1.68. The fourth-order valence-corrected chi connectivity index (χ4v) is 6.44. The molecule has 1 fully saturated rings. The number of amides is 1. The molecular weight excluding hydrogens is 702 g/mol. The first-order valence-electron chi connectivity index (χ1n) is 21.5. The Labute approximate surface area is 332 Å². The fourth-order valence-electron chi connectivity index (χ4n) is 6.44. The number of unbranched alkanes of at least 4 members (excludes halogenated alkanes) is 15. The van der Waals surface area contributed by atoms with Crippen LogP contribution in [-0.2, 0) is 14.3 Å². The molecule has 320 valence electrons. The maximum Gasteiger partial charge on any atom is 0.249 e. The average molecular weight is 782 g/mol. The SMILES string of the molecule is CCCCCCCC/C=C\C/C=C\CC(O)C(=O)NC(COC1OC(CO)C(O)C(O)C1O)C(O)C(O)CCC/C=C/CC/C=C/CCCCCCCCC. The predicted molar refractivity (Wildman–Crippen MR) is 219 cm³/mol. The van der Waals surface area contributed by atoms with E-state index in [9.17, 15) is 40.5 Å². The fraction of sp³-hybridized carbons (Fsp3) is 0.795. The molecule has 1 amide bonds. The lowest BCUT2D eigenvalue weighted by Gasteiger charge is -2.40. The Kier molecular flexibility index (Phi) is 31.7. The van der Waals surface area contributed by atoms with Crippen molar-refractivity contribution < 1.29 is 50.0 Å². The molecule has 9 atom stereocenters. The van der Waals surface area contributed by atoms with Crippen LogP contribution in [0.5, 0.6) is 0 Å². The molecule has 0 bridgehead atoms. The Morgan fingerprint density at radius 3 is 1.75 bits per heavy atom. The highest BCUT2D eigenvalue weighted by molar-refractivity contribution is 5.81. The van der Waals surface area contributed by atoms with Gasteiger partial charge in [0, 0.05) is 6.42 Å². The van der Waals surface area contributed by atoms with Crippen molar-refractivity contribution in [3.8, 4) is 0 Å². The first kappa shape index (κ1) is 51.1. The predicted octanol–water partition coefficient (Wildman–Crippen LogP) is 6.22. The zero-order valence-corrected chi connectivity index (χ0v) is 34.1. The average Bonchev–Trinajstić information content (AvgIpc) is 3.18. The van der Waals surface area contributed by atoms with Gasteiger partial charge in [0.1, 0.15) is 36.6 Å². The van der Waals surface area contributed by atoms with Crippen molar-refractivity contribution in [1.82, 2.24) is 5.32 Å². The van der Waals surface area contributed by atoms with Crippen molar-refractivity contribution in [2.24, 2.45) is 0 Å². The van der Waals surface area contributed by atoms with Crippen molar-refractivity contribution in [2.75, 3.05) is 13.2 Å². The van der Waals surface area contributed by atoms with Crippen LogP contribution in [0.25, 0.3) is 0 Å². The summed E-state index contributed by atoms with van der Waals surface area (Å²) in [7, 11) is 0. The summed E-state index contributed by atoms with van der Waals surface area (Å²) in [6.07, 6.45) is 27.6. The molecule has 0 radical (unpaired) electrons. The standard InChI is InChI=1S/C44H79NO10/c1-3-5-7-9-11-13-15-17-18-19-20-22-23-25-27-29-31-36(47)39(49)35(34-54-44-42(52)41(51)40(50)38(33-46)55-44)45-43(53)37(48)32-30-28-26-24-21-16-14-12-10-8-6-4-2/h18-19,21,23-25,28,30,35-42,44,46-52H,3-17,20,22,26-27,29,31-34H2,1-2H3,(H,45,53)/b19-18+,24-21-,25-23+,30-28-. The van der Waals surface area contributed by atoms with Gasteiger partial charge in [0.2, 0.25) is 5.91 Å². The molecule has 9 unspecified atom stereocenters. The summed E-state index contributed by atoms with van der Waals surface area (Å²) in [5.41, 5.74) is 0. The highest BCUT2D eigenvalue weighted by Crippen LogP contribution is 2.23. The van der Waals surface area contributed by atoms with E-state index in [1.165, 1.54) is 83.5 Å². The number of hydrogen-bond acceptors (Lipinski definition) is 10. The molecule has 1 aliphatic rings. The maximum absolute atomic E-state index is 13.0. The number of hydrogen-bond donors (Lipinski definition) is 8. The number of rotatable bonds is 34. The minimum absolute atomic E-state index is 0.0390. The minimum Gasteiger partial charge on any atom is -0.394 e. The Balaban J connectivity index is 2.59. The van der Waals surface area contributed by atoms with Crippen LogP contribution in [0, 0.1) is 0 Å². The highest BCUT2D eigenvalue weighted by atomic mass is 16.7. The summed E-state index contributed by atoms with van der Waals surface area (Å²) in [5.74, 6) is -0.781. The van der Waals surface area contributed by atoms with Crippen molar-refractivity contribution in [3.63, 3.8) is 0 Å². The third-order valence-corrected chi connectivity index (χ3v) is 10.1. The van der Waals surface area contributed by atoms with Crippen LogP contribution in [0.2, 0.25) is 0 Å². The number of carbonyl (C=O) groups is 1. The zero-order valence-electron chi connectivity index (χ0n) is 34.1. The third kappa shape index (κ3) is 24.4. The van der Waals surface area contributed by atoms with Gasteiger partial charge in [-0.15, -0.1) is 0 Å². The van der Waals surface area contributed by atoms with Crippen molar-refractivity contribution in [1.29, 1.82) is 0 Å². The summed E-state index contributed by atoms with van der Waals surface area (Å²) in [6, 6.07) is -1.22. The van der Waals surface area contributed by atoms with Crippen LogP contribution < -0.4 is 5.32 Å². The highest BCUT2D eigenvalue weighted by Gasteiger charge is 2.44. The summed E-state index contributed by atoms with van der Waals surface area (Å²) >= 11 is 0. The molecule has 1 aliphatic heterocycles. The van der Waals surface area contributed by atoms with Gasteiger partial charge in [-0.2, -0.15) is 0 Å². The lowest BCUT2D eigenvalue weighted by Crippen LogP contribution is -2.60. The molecule has 0 saturated carbocycles. The van der Waals surface area contributed by atoms with E-state index < -0.39 is 74.2 Å². The van der Waals surface area contributed by atoms with Crippen LogP contribution in [0.1, 0.15) is 155 Å². The summed E-state index contributed by atoms with van der Waals surface area (Å²) in [5, 5.41) is 75.2. The molecule has 0 aromatic rings. The van der Waals surface area contributed by atoms with Gasteiger partial charge in [0.15, 0.2) is 6.29 Å². The molecular formula is C44H79NO10. The van der Waals surface area contributed by atoms with Crippen LogP contribution in [0.3, 0.4) is 0 Å². The van der Waals surface area contributed by atoms with E-state index in [-0.39, 0.29) is 12.8 Å². The van der Waals surface area contributed by atoms with Gasteiger partial charge in [0.25, 0.3) is 0 Å². The van der Waals surface area contributed by atoms with Gasteiger partial charge in [0.05, 0.1) is 25.4 Å². The zero-order chi connectivity index (χ0) is 40.5. The van der Waals surface area contributed by atoms with Crippen molar-refractivity contribution in [3.05, 3.63) is 48.6 Å². The molecule has 11 heteroatoms. The normalized spacial score (nSPS) is 23.0. The molecule has 0 spiro atoms. The van der Waals surface area contributed by atoms with Gasteiger partial charge in [-0.3, -0.25) is 4.79 Å². The largest absolute Gasteiger partial charge is 0.394 e. The lowest BCUT2D eigenvalue weighted by atomic mass is 9.99. The number of allylic oxidation sites excluding steroid dienone is 7. The van der Waals surface area contributed by atoms with E-state index >= 15 is 0 Å². The molecule has 1 heterocycles. The Bertz CT molecular complexity index is 1030. The van der Waals surface area contributed by atoms with Crippen LogP contribution in [0.15, 0.2) is 48.6 Å². The van der Waals surface area contributed by atoms with E-state index in [4.69, 9.17) is 9.47 Å². The van der Waals surface area contributed by atoms with E-state index in [2.05, 4.69) is 55.6 Å². The van der Waals surface area contributed by atoms with Gasteiger partial charge >= 0.3 is 0 Å². The number of aliphatic hydroxyl groups excluding tert-OH is 7. The van der Waals surface area contributed by atoms with Gasteiger partial charge in [-0.05, 0) is 64.2 Å². The second-order valence-corrected chi connectivity index (χ2v) is 15.1. The second-order valence-electron chi connectivity index (χ2n) is 15.1. The second kappa shape index (κ2) is 34.1. The molecule has 1 saturated heterocycles. The molecule has 11 nitrogen and oxygen atoms in total. The molecule has 55 heavy (non-hydrogen) atoms. The number of carbonyl (C=O) groups excluding carboxylic acids is 1. The van der Waals surface area contributed by atoms with E-state index in [1.807, 2.05) is 6.08 Å². The molecule has 8 N–H and O–H groups in total. The van der Waals surface area contributed by atoms with E-state index in [0.29, 0.717) is 19.3 Å². The monoisotopic (exact) mass is 782 g/mol. The molecule has 0 aromatic carbocycles. The molecule has 0 aromatic heterocycles. The smallest absolute Gasteiger partial charge is 0.249 e. The molecule has 1 rings (SSSR count). The maximum atomic E-state index is 13.0. The Hall–Kier alpha value is -1.93. The number of aliphatic hydroxyl groups is 7. The summed E-state index contributed by atoms with van der Waals surface area (Å²) in [4.78, 5) is 13.0. The van der Waals surface area contributed by atoms with Gasteiger partial charge in [-0.1, -0.05) is 133 Å². The van der Waals surface area contributed by atoms with Gasteiger partial charge < -0.3 is 50.5 Å². The van der Waals surface area contributed by atoms with Crippen molar-refractivity contribution >= 4 is 5.91 Å². The topological polar surface area (TPSA) is 189 Å². The van der Waals surface area contributed by atoms with E-state index in [0.717, 1.165) is 25.7 Å². The Morgan fingerprint density at radius 1 is 0.655 bits per heavy atom. The van der Waals surface area contributed by atoms with Crippen molar-refractivity contribution in [2.45, 2.75) is 210 Å². The van der Waals surface area contributed by atoms with Crippen LogP contribution in [-0.4, -0.2) is 110 Å². The number of nitrogens with one attached hydrogen (secondary N) is 1. The van der Waals surface area contributed by atoms with E-state index in [1.54, 1.807) is 6.08 Å². The molecule has 0 aliphatic carbocycles. The van der Waals surface area contributed by atoms with Crippen LogP contribution >= 0.6 is 0 Å². The van der Waals surface area contributed by atoms with Gasteiger partial charge in [-0.25, -0.2) is 0 Å². The first-order chi connectivity index (χ1) is 26.7. The summed E-state index contributed by atoms with van der Waals surface area (Å²) in [6.45, 7) is 3.33. The first-order valence-corrected chi connectivity index (χ1v) is 21.5. The Morgan fingerprint density at radius 2 is 1.16 bits per heavy atom. The third-order valence-electron chi connectivity index (χ3n) is 10.1.